The molecule has 14 nitrogen and oxygen atoms in total. The zero-order chi connectivity index (χ0) is 50.7. The largest absolute Gasteiger partial charge is 0.506 e. The van der Waals surface area contributed by atoms with Gasteiger partial charge in [-0.05, 0) is 95.1 Å². The molecule has 6 N–H and O–H groups in total. The molecule has 0 saturated heterocycles. The summed E-state index contributed by atoms with van der Waals surface area (Å²) >= 11 is 0. The summed E-state index contributed by atoms with van der Waals surface area (Å²) in [5.74, 6) is -0.0463. The number of hydrogen-bond acceptors (Lipinski definition) is 12. The second-order valence-corrected chi connectivity index (χ2v) is 22.5. The molecule has 8 aromatic rings. The minimum atomic E-state index is -4.08. The van der Waals surface area contributed by atoms with Gasteiger partial charge >= 0.3 is 0 Å². The Morgan fingerprint density at radius 1 is 0.514 bits per heavy atom. The Morgan fingerprint density at radius 2 is 1.07 bits per heavy atom. The minimum Gasteiger partial charge on any atom is -0.506 e. The van der Waals surface area contributed by atoms with Gasteiger partial charge in [0.05, 0.1) is 46.9 Å². The fraction of sp³-hybridized carbons (Fsp3) is 0.172. The molecule has 2 unspecified atom stereocenters. The summed E-state index contributed by atoms with van der Waals surface area (Å²) in [6, 6.07) is 47.4. The molecule has 8 aromatic carbocycles. The van der Waals surface area contributed by atoms with Gasteiger partial charge in [-0.25, -0.2) is 4.99 Å². The van der Waals surface area contributed by atoms with E-state index in [0.717, 1.165) is 77.4 Å². The summed E-state index contributed by atoms with van der Waals surface area (Å²) in [6.07, 6.45) is 1.32. The minimum absolute atomic E-state index is 0.151. The van der Waals surface area contributed by atoms with Crippen LogP contribution in [-0.4, -0.2) is 61.6 Å². The highest BCUT2D eigenvalue weighted by Crippen LogP contribution is 2.56. The number of anilines is 3. The van der Waals surface area contributed by atoms with E-state index in [1.54, 1.807) is 0 Å². The molecule has 2 aliphatic heterocycles. The maximum Gasteiger partial charge on any atom is 0.264 e. The van der Waals surface area contributed by atoms with Gasteiger partial charge in [0.2, 0.25) is 5.78 Å². The van der Waals surface area contributed by atoms with Crippen molar-refractivity contribution in [1.82, 2.24) is 0 Å². The monoisotopic (exact) mass is 1020 g/mol. The topological polar surface area (TPSA) is 213 Å². The molecular formula is C58H46N4O10S2. The molecule has 2 heterocycles. The lowest BCUT2D eigenvalue weighted by atomic mass is 9.79. The Bertz CT molecular complexity index is 4200. The van der Waals surface area contributed by atoms with E-state index < -0.39 is 31.6 Å². The Kier molecular flexibility index (Phi) is 10.4. The molecule has 13 rings (SSSR count). The molecule has 0 bridgehead atoms. The smallest absolute Gasteiger partial charge is 0.264 e. The molecule has 3 aliphatic carbocycles. The van der Waals surface area contributed by atoms with Gasteiger partial charge in [0.15, 0.2) is 11.3 Å². The number of aliphatic hydroxyl groups is 1. The van der Waals surface area contributed by atoms with Crippen LogP contribution in [0.5, 0.6) is 11.5 Å². The van der Waals surface area contributed by atoms with Gasteiger partial charge in [0.1, 0.15) is 17.3 Å². The summed E-state index contributed by atoms with van der Waals surface area (Å²) in [6.45, 7) is 0.470. The van der Waals surface area contributed by atoms with E-state index in [4.69, 9.17) is 14.5 Å². The molecule has 2 spiro atoms. The number of benzene rings is 8. The standard InChI is InChI=1S/C58H46N4O10S2/c63-55-51(41-23-19-33-11-9-17-47-49(33)53(41)61-57(59-47)43-15-3-1-13-37(43)39-25-21-35(31-45(39)57)71-27-5-7-29-73(65,66)67)56(64)52(55)42-24-20-34-12-10-18-48-50(34)54(42)62-58(60-48)44-16-4-2-14-38(44)40-26-22-36(32-46(40)58)72-28-6-8-30-74(68,69)70/h1-4,9-26,31-32,59-61,63H,5-8,27-30H2,(H,65,66,67)(H,68,69,70)/b52-42+. The molecule has 74 heavy (non-hydrogen) atoms. The predicted octanol–water partition coefficient (Wildman–Crippen LogP) is 9.44. The summed E-state index contributed by atoms with van der Waals surface area (Å²) in [5.41, 5.74) is 8.32. The third kappa shape index (κ3) is 7.18. The molecule has 5 aliphatic rings. The lowest BCUT2D eigenvalue weighted by Crippen LogP contribution is -2.45. The maximum absolute atomic E-state index is 15.2. The van der Waals surface area contributed by atoms with Crippen molar-refractivity contribution in [3.8, 4) is 33.8 Å². The highest BCUT2D eigenvalue weighted by molar-refractivity contribution is 7.86. The number of nitrogens with one attached hydrogen (secondary N) is 3. The third-order valence-electron chi connectivity index (χ3n) is 14.9. The number of Topliss-reactive ketones (excluding diaryl/α,β-unsaturated/α-hetero) is 1. The van der Waals surface area contributed by atoms with Crippen molar-refractivity contribution in [3.63, 3.8) is 0 Å². The molecule has 370 valence electrons. The number of ether oxygens (including phenoxy) is 2. The molecule has 16 heteroatoms. The van der Waals surface area contributed by atoms with Crippen LogP contribution < -0.4 is 36.0 Å². The lowest BCUT2D eigenvalue weighted by Gasteiger charge is -2.41. The lowest BCUT2D eigenvalue weighted by molar-refractivity contribution is -0.109. The number of aliphatic hydroxyl groups excluding tert-OH is 1. The van der Waals surface area contributed by atoms with Crippen molar-refractivity contribution in [1.29, 1.82) is 0 Å². The number of unbranched alkanes of at least 4 members (excludes halogenated alkanes) is 2. The molecular weight excluding hydrogens is 977 g/mol. The second kappa shape index (κ2) is 16.8. The van der Waals surface area contributed by atoms with Gasteiger partial charge in [-0.3, -0.25) is 13.9 Å². The van der Waals surface area contributed by atoms with E-state index in [1.165, 1.54) is 0 Å². The van der Waals surface area contributed by atoms with E-state index in [9.17, 15) is 31.0 Å². The number of carbonyl (C=O) groups excluding carboxylic acids is 1. The van der Waals surface area contributed by atoms with Gasteiger partial charge < -0.3 is 30.5 Å². The van der Waals surface area contributed by atoms with Crippen molar-refractivity contribution in [2.75, 3.05) is 40.7 Å². The molecule has 0 saturated carbocycles. The molecule has 2 atom stereocenters. The third-order valence-corrected chi connectivity index (χ3v) is 16.5. The number of ketones is 1. The van der Waals surface area contributed by atoms with Crippen LogP contribution in [0.1, 0.15) is 53.5 Å². The Balaban J connectivity index is 0.936. The summed E-state index contributed by atoms with van der Waals surface area (Å²) in [5, 5.41) is 28.6. The van der Waals surface area contributed by atoms with Gasteiger partial charge in [-0.15, -0.1) is 0 Å². The van der Waals surface area contributed by atoms with Crippen LogP contribution >= 0.6 is 0 Å². The Morgan fingerprint density at radius 3 is 1.73 bits per heavy atom. The van der Waals surface area contributed by atoms with Crippen molar-refractivity contribution >= 4 is 75.8 Å². The van der Waals surface area contributed by atoms with Crippen molar-refractivity contribution < 1.29 is 45.3 Å². The summed E-state index contributed by atoms with van der Waals surface area (Å²) < 4.78 is 76.1. The maximum atomic E-state index is 15.2. The molecule has 0 aromatic heterocycles. The number of hydrogen-bond donors (Lipinski definition) is 6. The average Bonchev–Trinajstić information content (AvgIpc) is 3.82. The number of fused-ring (bicyclic) bond motifs is 10. The summed E-state index contributed by atoms with van der Waals surface area (Å²) in [4.78, 5) is 20.8. The van der Waals surface area contributed by atoms with Crippen LogP contribution in [0.3, 0.4) is 0 Å². The molecule has 0 fully saturated rings. The first-order valence-corrected chi connectivity index (χ1v) is 27.6. The van der Waals surface area contributed by atoms with Crippen molar-refractivity contribution in [3.05, 3.63) is 190 Å². The van der Waals surface area contributed by atoms with Crippen LogP contribution in [0.15, 0.2) is 156 Å². The van der Waals surface area contributed by atoms with E-state index in [2.05, 4.69) is 28.1 Å². The number of rotatable bonds is 13. The first kappa shape index (κ1) is 45.8. The average molecular weight is 1020 g/mol. The normalized spacial score (nSPS) is 19.2. The molecule has 0 amide bonds. The van der Waals surface area contributed by atoms with Crippen LogP contribution in [-0.2, 0) is 36.4 Å². The van der Waals surface area contributed by atoms with Crippen LogP contribution in [0.25, 0.3) is 54.9 Å². The Hall–Kier alpha value is -8.02. The van der Waals surface area contributed by atoms with Gasteiger partial charge in [0, 0.05) is 55.2 Å². The van der Waals surface area contributed by atoms with E-state index in [0.29, 0.717) is 46.2 Å². The number of allylic oxidation sites excluding steroid dienone is 2. The first-order valence-electron chi connectivity index (χ1n) is 24.4. The number of carbonyl (C=O) groups is 1. The predicted molar refractivity (Wildman–Crippen MR) is 285 cm³/mol. The van der Waals surface area contributed by atoms with E-state index >= 15 is 4.79 Å². The molecule has 0 radical (unpaired) electrons. The zero-order valence-corrected chi connectivity index (χ0v) is 41.1. The van der Waals surface area contributed by atoms with Crippen molar-refractivity contribution in [2.24, 2.45) is 4.99 Å². The highest BCUT2D eigenvalue weighted by Gasteiger charge is 2.49. The fourth-order valence-electron chi connectivity index (χ4n) is 11.7. The van der Waals surface area contributed by atoms with Gasteiger partial charge in [-0.1, -0.05) is 109 Å². The highest BCUT2D eigenvalue weighted by atomic mass is 32.2. The van der Waals surface area contributed by atoms with Gasteiger partial charge in [0.25, 0.3) is 20.2 Å². The van der Waals surface area contributed by atoms with E-state index in [-0.39, 0.29) is 60.2 Å². The van der Waals surface area contributed by atoms with Crippen LogP contribution in [0, 0.1) is 0 Å². The number of nitrogens with zero attached hydrogens (tertiary/aromatic N) is 1. The fourth-order valence-corrected chi connectivity index (χ4v) is 12.8. The zero-order valence-electron chi connectivity index (χ0n) is 39.5. The Labute approximate surface area is 425 Å². The second-order valence-electron chi connectivity index (χ2n) is 19.3. The summed E-state index contributed by atoms with van der Waals surface area (Å²) in [7, 11) is -8.16. The van der Waals surface area contributed by atoms with Crippen molar-refractivity contribution in [2.45, 2.75) is 37.0 Å². The van der Waals surface area contributed by atoms with Gasteiger partial charge in [-0.2, -0.15) is 16.8 Å². The van der Waals surface area contributed by atoms with E-state index in [1.807, 2.05) is 133 Å². The SMILES string of the molecule is O=C1C(c2ccc3cccc4c3c2NC2(N4)c3ccccc3-c3ccc(OCCCCS(=O)(=O)O)cc32)=C(O)/C1=c1/ccc2cccc3c2c1=NC1(N3)c2ccccc2-c2ccc(OCCCCS(=O)(=O)O)cc21. The van der Waals surface area contributed by atoms with Crippen LogP contribution in [0.2, 0.25) is 0 Å². The van der Waals surface area contributed by atoms with Crippen LogP contribution in [0.4, 0.5) is 17.1 Å². The first-order chi connectivity index (χ1) is 35.7. The quantitative estimate of drug-likeness (QED) is 0.0470.